The van der Waals surface area contributed by atoms with Crippen molar-refractivity contribution in [3.63, 3.8) is 0 Å². The Hall–Kier alpha value is -2.09. The Morgan fingerprint density at radius 3 is 3.00 bits per heavy atom. The first-order chi connectivity index (χ1) is 11.7. The van der Waals surface area contributed by atoms with E-state index in [2.05, 4.69) is 49.1 Å². The van der Waals surface area contributed by atoms with Gasteiger partial charge in [0, 0.05) is 12.3 Å². The zero-order chi connectivity index (χ0) is 16.9. The Balaban J connectivity index is 1.67. The van der Waals surface area contributed by atoms with Crippen LogP contribution >= 0.6 is 0 Å². The van der Waals surface area contributed by atoms with Crippen LogP contribution in [0.2, 0.25) is 0 Å². The summed E-state index contributed by atoms with van der Waals surface area (Å²) in [4.78, 5) is 11.2. The zero-order valence-corrected chi connectivity index (χ0v) is 14.5. The number of rotatable bonds is 6. The number of allylic oxidation sites excluding steroid dienone is 11. The summed E-state index contributed by atoms with van der Waals surface area (Å²) in [5.74, 6) is 0.852. The highest BCUT2D eigenvalue weighted by Crippen LogP contribution is 2.47. The van der Waals surface area contributed by atoms with Gasteiger partial charge in [-0.3, -0.25) is 4.79 Å². The Labute approximate surface area is 145 Å². The third kappa shape index (κ3) is 3.53. The number of unbranched alkanes of at least 4 members (excludes halogenated alkanes) is 1. The molecule has 3 rings (SSSR count). The van der Waals surface area contributed by atoms with Crippen LogP contribution in [0.25, 0.3) is 0 Å². The van der Waals surface area contributed by atoms with E-state index in [0.717, 1.165) is 25.7 Å². The predicted octanol–water partition coefficient (Wildman–Crippen LogP) is 5.22. The maximum absolute atomic E-state index is 11.2. The SMILES string of the molecule is C=C1C=CC=C2C=C(CCCCOC(=O)CC)C3=CC=CCC3C12. The maximum Gasteiger partial charge on any atom is 0.305 e. The van der Waals surface area contributed by atoms with Gasteiger partial charge < -0.3 is 4.74 Å². The van der Waals surface area contributed by atoms with Gasteiger partial charge in [0.15, 0.2) is 0 Å². The first-order valence-corrected chi connectivity index (χ1v) is 9.01. The number of hydrogen-bond acceptors (Lipinski definition) is 2. The fourth-order valence-corrected chi connectivity index (χ4v) is 3.85. The minimum atomic E-state index is -0.104. The molecule has 0 heterocycles. The molecule has 0 saturated carbocycles. The summed E-state index contributed by atoms with van der Waals surface area (Å²) < 4.78 is 5.17. The van der Waals surface area contributed by atoms with Gasteiger partial charge >= 0.3 is 5.97 Å². The normalized spacial score (nSPS) is 24.5. The van der Waals surface area contributed by atoms with Crippen LogP contribution < -0.4 is 0 Å². The highest BCUT2D eigenvalue weighted by molar-refractivity contribution is 5.68. The average molecular weight is 322 g/mol. The van der Waals surface area contributed by atoms with E-state index in [1.165, 1.54) is 22.3 Å². The van der Waals surface area contributed by atoms with Crippen molar-refractivity contribution in [2.75, 3.05) is 6.61 Å². The van der Waals surface area contributed by atoms with E-state index >= 15 is 0 Å². The van der Waals surface area contributed by atoms with Crippen molar-refractivity contribution < 1.29 is 9.53 Å². The van der Waals surface area contributed by atoms with E-state index in [-0.39, 0.29) is 5.97 Å². The topological polar surface area (TPSA) is 26.3 Å². The molecule has 2 atom stereocenters. The van der Waals surface area contributed by atoms with E-state index in [1.54, 1.807) is 0 Å². The Kier molecular flexibility index (Phi) is 5.34. The molecule has 0 bridgehead atoms. The Morgan fingerprint density at radius 1 is 1.29 bits per heavy atom. The lowest BCUT2D eigenvalue weighted by Crippen LogP contribution is -2.26. The molecule has 0 aromatic rings. The van der Waals surface area contributed by atoms with E-state index < -0.39 is 0 Å². The molecule has 2 nitrogen and oxygen atoms in total. The summed E-state index contributed by atoms with van der Waals surface area (Å²) in [7, 11) is 0. The van der Waals surface area contributed by atoms with Gasteiger partial charge in [-0.15, -0.1) is 0 Å². The summed E-state index contributed by atoms with van der Waals surface area (Å²) in [5.41, 5.74) is 5.53. The molecule has 3 aliphatic rings. The van der Waals surface area contributed by atoms with Crippen LogP contribution in [0, 0.1) is 11.8 Å². The average Bonchev–Trinajstić information content (AvgIpc) is 2.61. The van der Waals surface area contributed by atoms with E-state index in [9.17, 15) is 4.79 Å². The number of carbonyl (C=O) groups excluding carboxylic acids is 1. The van der Waals surface area contributed by atoms with Gasteiger partial charge in [-0.1, -0.05) is 56.0 Å². The van der Waals surface area contributed by atoms with Crippen molar-refractivity contribution in [1.29, 1.82) is 0 Å². The van der Waals surface area contributed by atoms with Crippen LogP contribution in [0.15, 0.2) is 71.4 Å². The third-order valence-corrected chi connectivity index (χ3v) is 5.07. The summed E-state index contributed by atoms with van der Waals surface area (Å²) in [6.45, 7) is 6.63. The second-order valence-electron chi connectivity index (χ2n) is 6.67. The van der Waals surface area contributed by atoms with Crippen molar-refractivity contribution in [2.24, 2.45) is 11.8 Å². The van der Waals surface area contributed by atoms with Crippen molar-refractivity contribution in [2.45, 2.75) is 39.0 Å². The fraction of sp³-hybridized carbons (Fsp3) is 0.409. The molecular weight excluding hydrogens is 296 g/mol. The van der Waals surface area contributed by atoms with Crippen LogP contribution in [0.3, 0.4) is 0 Å². The minimum Gasteiger partial charge on any atom is -0.466 e. The molecule has 0 aromatic heterocycles. The first-order valence-electron chi connectivity index (χ1n) is 9.01. The van der Waals surface area contributed by atoms with E-state index in [1.807, 2.05) is 6.92 Å². The van der Waals surface area contributed by atoms with Crippen molar-refractivity contribution in [3.8, 4) is 0 Å². The number of carbonyl (C=O) groups is 1. The van der Waals surface area contributed by atoms with Crippen molar-refractivity contribution >= 4 is 5.97 Å². The van der Waals surface area contributed by atoms with Gasteiger partial charge in [0.2, 0.25) is 0 Å². The molecule has 3 aliphatic carbocycles. The van der Waals surface area contributed by atoms with Gasteiger partial charge in [-0.25, -0.2) is 0 Å². The molecular formula is C22H26O2. The minimum absolute atomic E-state index is 0.104. The molecule has 2 unspecified atom stereocenters. The lowest BCUT2D eigenvalue weighted by molar-refractivity contribution is -0.143. The van der Waals surface area contributed by atoms with Crippen LogP contribution in [-0.2, 0) is 9.53 Å². The molecule has 0 aromatic carbocycles. The summed E-state index contributed by atoms with van der Waals surface area (Å²) >= 11 is 0. The number of esters is 1. The first kappa shape index (κ1) is 16.8. The smallest absolute Gasteiger partial charge is 0.305 e. The van der Waals surface area contributed by atoms with Crippen LogP contribution in [0.4, 0.5) is 0 Å². The summed E-state index contributed by atoms with van der Waals surface area (Å²) in [6.07, 6.45) is 20.1. The van der Waals surface area contributed by atoms with E-state index in [0.29, 0.717) is 24.9 Å². The lowest BCUT2D eigenvalue weighted by Gasteiger charge is -2.38. The van der Waals surface area contributed by atoms with E-state index in [4.69, 9.17) is 4.74 Å². The number of ether oxygens (including phenoxy) is 1. The van der Waals surface area contributed by atoms with Crippen LogP contribution in [-0.4, -0.2) is 12.6 Å². The molecule has 126 valence electrons. The Morgan fingerprint density at radius 2 is 2.17 bits per heavy atom. The van der Waals surface area contributed by atoms with Gasteiger partial charge in [0.1, 0.15) is 0 Å². The highest BCUT2D eigenvalue weighted by atomic mass is 16.5. The lowest BCUT2D eigenvalue weighted by atomic mass is 9.66. The monoisotopic (exact) mass is 322 g/mol. The second-order valence-corrected chi connectivity index (χ2v) is 6.67. The van der Waals surface area contributed by atoms with Gasteiger partial charge in [0.25, 0.3) is 0 Å². The molecule has 2 heteroatoms. The predicted molar refractivity (Wildman–Crippen MR) is 98.4 cm³/mol. The molecule has 0 radical (unpaired) electrons. The quantitative estimate of drug-likeness (QED) is 0.495. The number of hydrogen-bond donors (Lipinski definition) is 0. The molecule has 0 aliphatic heterocycles. The standard InChI is InChI=1S/C22H26O2/c1-3-21(23)24-14-7-6-10-17-15-18-11-8-9-16(2)22(18)20-13-5-4-12-19(17)20/h4-5,8-9,11-12,15,20,22H,2-3,6-7,10,13-14H2,1H3. The van der Waals surface area contributed by atoms with Crippen molar-refractivity contribution in [3.05, 3.63) is 71.4 Å². The molecule has 0 amide bonds. The third-order valence-electron chi connectivity index (χ3n) is 5.07. The van der Waals surface area contributed by atoms with Gasteiger partial charge in [-0.05, 0) is 53.9 Å². The molecule has 0 N–H and O–H groups in total. The fourth-order valence-electron chi connectivity index (χ4n) is 3.85. The van der Waals surface area contributed by atoms with Crippen LogP contribution in [0.5, 0.6) is 0 Å². The largest absolute Gasteiger partial charge is 0.466 e. The highest BCUT2D eigenvalue weighted by Gasteiger charge is 2.34. The van der Waals surface area contributed by atoms with Gasteiger partial charge in [0.05, 0.1) is 6.61 Å². The van der Waals surface area contributed by atoms with Gasteiger partial charge in [-0.2, -0.15) is 0 Å². The molecule has 0 fully saturated rings. The van der Waals surface area contributed by atoms with Crippen LogP contribution in [0.1, 0.15) is 39.0 Å². The Bertz CT molecular complexity index is 670. The zero-order valence-electron chi connectivity index (χ0n) is 14.5. The molecule has 0 spiro atoms. The summed E-state index contributed by atoms with van der Waals surface area (Å²) in [5, 5.41) is 0. The molecule has 24 heavy (non-hydrogen) atoms. The van der Waals surface area contributed by atoms with Crippen molar-refractivity contribution in [1.82, 2.24) is 0 Å². The molecule has 0 saturated heterocycles. The maximum atomic E-state index is 11.2. The summed E-state index contributed by atoms with van der Waals surface area (Å²) in [6, 6.07) is 0. The number of fused-ring (bicyclic) bond motifs is 3. The second kappa shape index (κ2) is 7.65.